The van der Waals surface area contributed by atoms with Crippen molar-refractivity contribution in [1.29, 1.82) is 5.26 Å². The molecule has 5 nitrogen and oxygen atoms in total. The molecule has 3 aromatic rings. The Morgan fingerprint density at radius 3 is 2.90 bits per heavy atom. The average molecular weight is 341 g/mol. The summed E-state index contributed by atoms with van der Waals surface area (Å²) in [6, 6.07) is 14.5. The Balaban J connectivity index is 1.97. The van der Waals surface area contributed by atoms with Crippen LogP contribution in [0.15, 0.2) is 46.9 Å². The van der Waals surface area contributed by atoms with Crippen molar-refractivity contribution in [3.05, 3.63) is 58.2 Å². The van der Waals surface area contributed by atoms with Crippen molar-refractivity contribution in [3.8, 4) is 6.07 Å². The van der Waals surface area contributed by atoms with E-state index in [-0.39, 0.29) is 5.91 Å². The predicted molar refractivity (Wildman–Crippen MR) is 82.9 cm³/mol. The van der Waals surface area contributed by atoms with Crippen LogP contribution >= 0.6 is 15.9 Å². The molecular weight excluding hydrogens is 332 g/mol. The molecule has 1 amide bonds. The second kappa shape index (κ2) is 5.38. The maximum Gasteiger partial charge on any atom is 0.276 e. The lowest BCUT2D eigenvalue weighted by molar-refractivity contribution is 0.102. The minimum absolute atomic E-state index is 0.300. The van der Waals surface area contributed by atoms with Gasteiger partial charge in [-0.3, -0.25) is 9.89 Å². The van der Waals surface area contributed by atoms with Crippen LogP contribution in [0, 0.1) is 11.3 Å². The molecule has 6 heteroatoms. The highest BCUT2D eigenvalue weighted by atomic mass is 79.9. The first-order valence-corrected chi connectivity index (χ1v) is 6.92. The molecule has 2 N–H and O–H groups in total. The van der Waals surface area contributed by atoms with Gasteiger partial charge in [-0.25, -0.2) is 0 Å². The summed E-state index contributed by atoms with van der Waals surface area (Å²) >= 11 is 3.32. The molecule has 0 aliphatic heterocycles. The summed E-state index contributed by atoms with van der Waals surface area (Å²) in [7, 11) is 0. The summed E-state index contributed by atoms with van der Waals surface area (Å²) in [5.74, 6) is -0.359. The number of para-hydroxylation sites is 1. The maximum atomic E-state index is 12.4. The highest BCUT2D eigenvalue weighted by Crippen LogP contribution is 2.22. The van der Waals surface area contributed by atoms with Gasteiger partial charge in [-0.2, -0.15) is 10.4 Å². The van der Waals surface area contributed by atoms with Gasteiger partial charge in [0, 0.05) is 9.86 Å². The van der Waals surface area contributed by atoms with Crippen molar-refractivity contribution in [1.82, 2.24) is 10.2 Å². The van der Waals surface area contributed by atoms with Gasteiger partial charge < -0.3 is 5.32 Å². The molecule has 0 saturated heterocycles. The molecule has 0 radical (unpaired) electrons. The normalized spacial score (nSPS) is 10.3. The van der Waals surface area contributed by atoms with E-state index in [1.807, 2.05) is 30.3 Å². The quantitative estimate of drug-likeness (QED) is 0.749. The zero-order valence-corrected chi connectivity index (χ0v) is 12.3. The van der Waals surface area contributed by atoms with Crippen LogP contribution < -0.4 is 5.32 Å². The van der Waals surface area contributed by atoms with E-state index in [2.05, 4.69) is 31.4 Å². The van der Waals surface area contributed by atoms with Gasteiger partial charge in [0.15, 0.2) is 5.69 Å². The summed E-state index contributed by atoms with van der Waals surface area (Å²) in [4.78, 5) is 12.4. The van der Waals surface area contributed by atoms with Crippen LogP contribution in [0.1, 0.15) is 16.1 Å². The summed E-state index contributed by atoms with van der Waals surface area (Å²) in [6.45, 7) is 0. The van der Waals surface area contributed by atoms with Gasteiger partial charge in [-0.15, -0.1) is 0 Å². The minimum Gasteiger partial charge on any atom is -0.319 e. The number of aromatic amines is 1. The summed E-state index contributed by atoms with van der Waals surface area (Å²) in [6.07, 6.45) is 0. The smallest absolute Gasteiger partial charge is 0.276 e. The number of halogens is 1. The van der Waals surface area contributed by atoms with Crippen molar-refractivity contribution in [2.75, 3.05) is 5.32 Å². The van der Waals surface area contributed by atoms with Crippen LogP contribution in [-0.4, -0.2) is 16.1 Å². The molecule has 2 aromatic carbocycles. The Kier molecular flexibility index (Phi) is 3.42. The molecule has 0 unspecified atom stereocenters. The van der Waals surface area contributed by atoms with Crippen molar-refractivity contribution < 1.29 is 4.79 Å². The van der Waals surface area contributed by atoms with Crippen LogP contribution in [0.2, 0.25) is 0 Å². The predicted octanol–water partition coefficient (Wildman–Crippen LogP) is 3.45. The molecule has 21 heavy (non-hydrogen) atoms. The zero-order valence-electron chi connectivity index (χ0n) is 10.7. The Hall–Kier alpha value is -2.65. The molecule has 0 aliphatic carbocycles. The molecule has 0 fully saturated rings. The van der Waals surface area contributed by atoms with E-state index in [0.29, 0.717) is 16.9 Å². The summed E-state index contributed by atoms with van der Waals surface area (Å²) in [5.41, 5.74) is 1.93. The number of benzene rings is 2. The Morgan fingerprint density at radius 2 is 2.10 bits per heavy atom. The van der Waals surface area contributed by atoms with Crippen LogP contribution in [0.25, 0.3) is 10.9 Å². The van der Waals surface area contributed by atoms with Crippen molar-refractivity contribution in [2.24, 2.45) is 0 Å². The van der Waals surface area contributed by atoms with E-state index >= 15 is 0 Å². The Labute approximate surface area is 128 Å². The minimum atomic E-state index is -0.359. The molecule has 1 heterocycles. The van der Waals surface area contributed by atoms with Crippen LogP contribution in [0.4, 0.5) is 5.69 Å². The molecule has 0 spiro atoms. The molecule has 1 aromatic heterocycles. The van der Waals surface area contributed by atoms with Gasteiger partial charge in [0.05, 0.1) is 16.8 Å². The van der Waals surface area contributed by atoms with Crippen LogP contribution in [0.5, 0.6) is 0 Å². The fraction of sp³-hybridized carbons (Fsp3) is 0. The first-order valence-electron chi connectivity index (χ1n) is 6.13. The van der Waals surface area contributed by atoms with Crippen molar-refractivity contribution in [3.63, 3.8) is 0 Å². The number of nitriles is 1. The topological polar surface area (TPSA) is 81.6 Å². The second-order valence-electron chi connectivity index (χ2n) is 4.37. The number of hydrogen-bond acceptors (Lipinski definition) is 3. The maximum absolute atomic E-state index is 12.4. The molecule has 0 atom stereocenters. The lowest BCUT2D eigenvalue weighted by Crippen LogP contribution is -2.13. The highest BCUT2D eigenvalue weighted by molar-refractivity contribution is 9.10. The third kappa shape index (κ3) is 2.51. The number of aromatic nitrogens is 2. The molecular formula is C15H9BrN4O. The zero-order chi connectivity index (χ0) is 14.8. The van der Waals surface area contributed by atoms with E-state index in [4.69, 9.17) is 5.26 Å². The van der Waals surface area contributed by atoms with Crippen LogP contribution in [-0.2, 0) is 0 Å². The number of carbonyl (C=O) groups is 1. The number of nitrogens with one attached hydrogen (secondary N) is 2. The number of hydrogen-bond donors (Lipinski definition) is 2. The fourth-order valence-electron chi connectivity index (χ4n) is 2.04. The number of nitrogens with zero attached hydrogens (tertiary/aromatic N) is 2. The van der Waals surface area contributed by atoms with E-state index in [9.17, 15) is 4.79 Å². The average Bonchev–Trinajstić information content (AvgIpc) is 2.91. The van der Waals surface area contributed by atoms with E-state index in [1.54, 1.807) is 18.2 Å². The fourth-order valence-corrected chi connectivity index (χ4v) is 2.40. The van der Waals surface area contributed by atoms with E-state index in [1.165, 1.54) is 0 Å². The SMILES string of the molecule is N#Cc1ccc(Br)cc1NC(=O)c1n[nH]c2ccccc12. The summed E-state index contributed by atoms with van der Waals surface area (Å²) in [5, 5.41) is 19.4. The van der Waals surface area contributed by atoms with Gasteiger partial charge in [0.2, 0.25) is 0 Å². The summed E-state index contributed by atoms with van der Waals surface area (Å²) < 4.78 is 0.781. The largest absolute Gasteiger partial charge is 0.319 e. The number of amides is 1. The van der Waals surface area contributed by atoms with Gasteiger partial charge >= 0.3 is 0 Å². The molecule has 0 aliphatic rings. The lowest BCUT2D eigenvalue weighted by atomic mass is 10.1. The molecule has 3 rings (SSSR count). The lowest BCUT2D eigenvalue weighted by Gasteiger charge is -2.06. The number of rotatable bonds is 2. The van der Waals surface area contributed by atoms with Gasteiger partial charge in [-0.1, -0.05) is 34.1 Å². The number of fused-ring (bicyclic) bond motifs is 1. The van der Waals surface area contributed by atoms with E-state index < -0.39 is 0 Å². The number of carbonyl (C=O) groups excluding carboxylic acids is 1. The van der Waals surface area contributed by atoms with Gasteiger partial charge in [0.1, 0.15) is 6.07 Å². The monoisotopic (exact) mass is 340 g/mol. The molecule has 102 valence electrons. The first-order chi connectivity index (χ1) is 10.2. The van der Waals surface area contributed by atoms with Gasteiger partial charge in [0.25, 0.3) is 5.91 Å². The van der Waals surface area contributed by atoms with Gasteiger partial charge in [-0.05, 0) is 24.3 Å². The third-order valence-corrected chi connectivity index (χ3v) is 3.53. The van der Waals surface area contributed by atoms with Crippen LogP contribution in [0.3, 0.4) is 0 Å². The Bertz CT molecular complexity index is 879. The molecule has 0 saturated carbocycles. The third-order valence-electron chi connectivity index (χ3n) is 3.04. The first kappa shape index (κ1) is 13.3. The molecule has 0 bridgehead atoms. The number of anilines is 1. The second-order valence-corrected chi connectivity index (χ2v) is 5.29. The number of H-pyrrole nitrogens is 1. The highest BCUT2D eigenvalue weighted by Gasteiger charge is 2.15. The van der Waals surface area contributed by atoms with E-state index in [0.717, 1.165) is 15.4 Å². The van der Waals surface area contributed by atoms with Crippen molar-refractivity contribution >= 4 is 38.4 Å². The standard InChI is InChI=1S/C15H9BrN4O/c16-10-6-5-9(8-17)13(7-10)18-15(21)14-11-3-1-2-4-12(11)19-20-14/h1-7H,(H,18,21)(H,19,20). The van der Waals surface area contributed by atoms with Crippen molar-refractivity contribution in [2.45, 2.75) is 0 Å². The Morgan fingerprint density at radius 1 is 1.29 bits per heavy atom.